The number of benzene rings is 2. The van der Waals surface area contributed by atoms with Crippen LogP contribution in [0.25, 0.3) is 5.57 Å². The Hall–Kier alpha value is 0.0239. The smallest absolute Gasteiger partial charge is 0.521 e. The first kappa shape index (κ1) is 34.2. The molecule has 0 unspecified atom stereocenters. The number of hydrogen-bond acceptors (Lipinski definition) is 0. The fraction of sp³-hybridized carbons (Fsp3) is 0.433. The van der Waals surface area contributed by atoms with Gasteiger partial charge in [-0.3, -0.25) is 6.58 Å². The average molecular weight is 878 g/mol. The molecule has 0 aromatic heterocycles. The van der Waals surface area contributed by atoms with E-state index in [1.54, 1.807) is 0 Å². The summed E-state index contributed by atoms with van der Waals surface area (Å²) < 4.78 is 0. The number of allylic oxidation sites excluding steroid dienone is 1. The maximum atomic E-state index is 4.25. The van der Waals surface area contributed by atoms with Gasteiger partial charge in [0, 0.05) is 31.1 Å². The van der Waals surface area contributed by atoms with Gasteiger partial charge in [0.15, 0.2) is 0 Å². The predicted octanol–water partition coefficient (Wildman–Crippen LogP) is 8.73. The molecule has 0 bridgehead atoms. The van der Waals surface area contributed by atoms with Gasteiger partial charge in [-0.2, -0.15) is 48.7 Å². The van der Waals surface area contributed by atoms with Crippen LogP contribution >= 0.6 is 0 Å². The van der Waals surface area contributed by atoms with Crippen molar-refractivity contribution < 1.29 is 62.2 Å². The van der Waals surface area contributed by atoms with E-state index < -0.39 is 0 Å². The Morgan fingerprint density at radius 3 is 2.00 bits per heavy atom. The average Bonchev–Trinajstić information content (AvgIpc) is 2.76. The second-order valence-corrected chi connectivity index (χ2v) is 9.31. The van der Waals surface area contributed by atoms with E-state index in [0.717, 1.165) is 18.8 Å². The third kappa shape index (κ3) is 15.0. The van der Waals surface area contributed by atoms with Crippen molar-refractivity contribution in [2.75, 3.05) is 0 Å². The summed E-state index contributed by atoms with van der Waals surface area (Å²) in [5.41, 5.74) is 5.82. The number of hydrogen-bond donors (Lipinski definition) is 0. The summed E-state index contributed by atoms with van der Waals surface area (Å²) >= 11 is 0. The summed E-state index contributed by atoms with van der Waals surface area (Å²) in [6.07, 6.45) is 11.3. The van der Waals surface area contributed by atoms with E-state index in [0.29, 0.717) is 5.41 Å². The first-order valence-electron chi connectivity index (χ1n) is 11.3. The summed E-state index contributed by atoms with van der Waals surface area (Å²) in [6.45, 7) is 20.0. The van der Waals surface area contributed by atoms with Crippen LogP contribution in [0.2, 0.25) is 0 Å². The van der Waals surface area contributed by atoms with Crippen LogP contribution in [-0.4, -0.2) is 0 Å². The van der Waals surface area contributed by atoms with Gasteiger partial charge in [0.05, 0.1) is 0 Å². The molecule has 0 radical (unpaired) electrons. The Labute approximate surface area is 246 Å². The summed E-state index contributed by atoms with van der Waals surface area (Å²) in [6, 6.07) is 20.3. The van der Waals surface area contributed by atoms with E-state index in [2.05, 4.69) is 96.3 Å². The molecule has 2 aromatic rings. The van der Waals surface area contributed by atoms with Crippen molar-refractivity contribution in [1.82, 2.24) is 0 Å². The molecule has 0 atom stereocenters. The third-order valence-corrected chi connectivity index (χ3v) is 5.39. The largest absolute Gasteiger partial charge is 2.00 e. The molecule has 2 heteroatoms. The van der Waals surface area contributed by atoms with E-state index in [4.69, 9.17) is 0 Å². The maximum Gasteiger partial charge on any atom is 2.00 e. The molecule has 1 fully saturated rings. The SMILES string of the molecule is C=C(CC)c1ccc(CC2CC[CH-]CC2)cc1.CC(C)(C)Cc1cc[c-]cc1.[CH-]=C.[U+2].[U]. The van der Waals surface area contributed by atoms with Gasteiger partial charge in [-0.25, -0.2) is 0 Å². The first-order valence-corrected chi connectivity index (χ1v) is 11.3. The predicted molar refractivity (Wildman–Crippen MR) is 134 cm³/mol. The fourth-order valence-electron chi connectivity index (χ4n) is 3.77. The van der Waals surface area contributed by atoms with Gasteiger partial charge in [0.25, 0.3) is 0 Å². The maximum absolute atomic E-state index is 4.25. The molecule has 0 N–H and O–H groups in total. The van der Waals surface area contributed by atoms with E-state index >= 15 is 0 Å². The normalized spacial score (nSPS) is 13.1. The zero-order chi connectivity index (χ0) is 22.4. The van der Waals surface area contributed by atoms with Crippen LogP contribution in [0.5, 0.6) is 0 Å². The van der Waals surface area contributed by atoms with Crippen molar-refractivity contribution >= 4 is 5.57 Å². The number of rotatable bonds is 5. The van der Waals surface area contributed by atoms with Crippen LogP contribution in [0.1, 0.15) is 76.5 Å². The van der Waals surface area contributed by atoms with Gasteiger partial charge in [0.1, 0.15) is 0 Å². The van der Waals surface area contributed by atoms with Gasteiger partial charge >= 0.3 is 31.1 Å². The summed E-state index contributed by atoms with van der Waals surface area (Å²) in [5, 5.41) is 0. The minimum absolute atomic E-state index is 0. The molecule has 0 aliphatic heterocycles. The molecular formula is C30H41U2-. The van der Waals surface area contributed by atoms with Crippen LogP contribution in [0.4, 0.5) is 0 Å². The second-order valence-electron chi connectivity index (χ2n) is 9.31. The van der Waals surface area contributed by atoms with Crippen LogP contribution in [-0.2, 0) is 12.8 Å². The third-order valence-electron chi connectivity index (χ3n) is 5.39. The standard InChI is InChI=1S/C17H23.C11H15.C2H3.2U/c1-3-14(2)17-11-9-16(10-12-17)13-15-7-5-4-6-8-15;1-11(2,3)9-10-7-5-4-6-8-10;1-2;;/h4,9-12,15H,2-3,5-8,13H2,1H3;5-8H,9H2,1-3H3;1H,2H2;;/q3*-1;;+2. The molecule has 0 amide bonds. The van der Waals surface area contributed by atoms with Crippen molar-refractivity contribution in [3.63, 3.8) is 0 Å². The Morgan fingerprint density at radius 1 is 1.00 bits per heavy atom. The molecule has 0 spiro atoms. The molecular weight excluding hydrogens is 836 g/mol. The second kappa shape index (κ2) is 19.3. The Balaban J connectivity index is 0. The molecule has 3 rings (SSSR count). The van der Waals surface area contributed by atoms with Gasteiger partial charge in [-0.15, -0.1) is 0 Å². The minimum atomic E-state index is 0. The van der Waals surface area contributed by atoms with Crippen LogP contribution in [0, 0.1) is 92.6 Å². The minimum Gasteiger partial charge on any atom is -0.521 e. The molecule has 0 saturated heterocycles. The monoisotopic (exact) mass is 877 g/mol. The molecule has 1 aliphatic carbocycles. The molecule has 1 saturated carbocycles. The van der Waals surface area contributed by atoms with E-state index in [-0.39, 0.29) is 62.2 Å². The summed E-state index contributed by atoms with van der Waals surface area (Å²) in [4.78, 5) is 0. The van der Waals surface area contributed by atoms with E-state index in [1.807, 2.05) is 12.1 Å². The van der Waals surface area contributed by atoms with E-state index in [1.165, 1.54) is 54.4 Å². The van der Waals surface area contributed by atoms with Crippen LogP contribution < -0.4 is 0 Å². The Bertz CT molecular complexity index is 705. The van der Waals surface area contributed by atoms with Gasteiger partial charge in [-0.1, -0.05) is 71.4 Å². The topological polar surface area (TPSA) is 0 Å². The molecule has 32 heavy (non-hydrogen) atoms. The van der Waals surface area contributed by atoms with Gasteiger partial charge in [0.2, 0.25) is 0 Å². The van der Waals surface area contributed by atoms with Crippen LogP contribution in [0.3, 0.4) is 0 Å². The molecule has 0 nitrogen and oxygen atoms in total. The Morgan fingerprint density at radius 2 is 1.53 bits per heavy atom. The molecule has 170 valence electrons. The quantitative estimate of drug-likeness (QED) is 0.264. The molecule has 0 heterocycles. The van der Waals surface area contributed by atoms with E-state index in [9.17, 15) is 0 Å². The zero-order valence-electron chi connectivity index (χ0n) is 20.7. The van der Waals surface area contributed by atoms with Crippen LogP contribution in [0.15, 0.2) is 61.7 Å². The van der Waals surface area contributed by atoms with Crippen molar-refractivity contribution in [3.05, 3.63) is 97.4 Å². The fourth-order valence-corrected chi connectivity index (χ4v) is 3.77. The van der Waals surface area contributed by atoms with Gasteiger partial charge < -0.3 is 13.0 Å². The van der Waals surface area contributed by atoms with Crippen molar-refractivity contribution in [1.29, 1.82) is 0 Å². The van der Waals surface area contributed by atoms with Crippen molar-refractivity contribution in [2.45, 2.75) is 72.6 Å². The Kier molecular flexibility index (Phi) is 20.7. The molecule has 2 aromatic carbocycles. The summed E-state index contributed by atoms with van der Waals surface area (Å²) in [7, 11) is 0. The molecule has 1 aliphatic rings. The summed E-state index contributed by atoms with van der Waals surface area (Å²) in [5.74, 6) is 0.903. The van der Waals surface area contributed by atoms with Crippen molar-refractivity contribution in [3.8, 4) is 0 Å². The zero-order valence-corrected chi connectivity index (χ0v) is 29.0. The first-order chi connectivity index (χ1) is 14.4. The van der Waals surface area contributed by atoms with Gasteiger partial charge in [-0.05, 0) is 47.3 Å². The van der Waals surface area contributed by atoms with Crippen molar-refractivity contribution in [2.24, 2.45) is 11.3 Å².